The predicted octanol–water partition coefficient (Wildman–Crippen LogP) is 1.87. The van der Waals surface area contributed by atoms with Crippen molar-refractivity contribution in [1.82, 2.24) is 0 Å². The Morgan fingerprint density at radius 3 is 2.67 bits per heavy atom. The van der Waals surface area contributed by atoms with Gasteiger partial charge in [-0.15, -0.1) is 0 Å². The zero-order valence-electron chi connectivity index (χ0n) is 7.13. The van der Waals surface area contributed by atoms with E-state index in [-0.39, 0.29) is 0 Å². The SMILES string of the molecule is Cc1ccccc1CC(F)CO. The van der Waals surface area contributed by atoms with Crippen LogP contribution in [0, 0.1) is 6.92 Å². The molecule has 2 heteroatoms. The molecule has 1 nitrogen and oxygen atoms in total. The number of aliphatic hydroxyl groups excluding tert-OH is 1. The fourth-order valence-corrected chi connectivity index (χ4v) is 1.14. The van der Waals surface area contributed by atoms with E-state index in [0.717, 1.165) is 11.1 Å². The fraction of sp³-hybridized carbons (Fsp3) is 0.400. The second-order valence-corrected chi connectivity index (χ2v) is 2.91. The molecule has 0 heterocycles. The summed E-state index contributed by atoms with van der Waals surface area (Å²) in [7, 11) is 0. The van der Waals surface area contributed by atoms with Crippen LogP contribution in [0.2, 0.25) is 0 Å². The molecular weight excluding hydrogens is 155 g/mol. The van der Waals surface area contributed by atoms with Gasteiger partial charge in [-0.2, -0.15) is 0 Å². The molecule has 0 radical (unpaired) electrons. The molecule has 1 N–H and O–H groups in total. The highest BCUT2D eigenvalue weighted by Crippen LogP contribution is 2.10. The number of hydrogen-bond acceptors (Lipinski definition) is 1. The van der Waals surface area contributed by atoms with E-state index >= 15 is 0 Å². The summed E-state index contributed by atoms with van der Waals surface area (Å²) in [5, 5.41) is 8.51. The number of alkyl halides is 1. The summed E-state index contributed by atoms with van der Waals surface area (Å²) in [6.07, 6.45) is -0.825. The molecule has 12 heavy (non-hydrogen) atoms. The van der Waals surface area contributed by atoms with Gasteiger partial charge in [-0.05, 0) is 18.1 Å². The van der Waals surface area contributed by atoms with E-state index < -0.39 is 12.8 Å². The monoisotopic (exact) mass is 168 g/mol. The van der Waals surface area contributed by atoms with E-state index in [4.69, 9.17) is 5.11 Å². The largest absolute Gasteiger partial charge is 0.393 e. The fourth-order valence-electron chi connectivity index (χ4n) is 1.14. The molecule has 1 rings (SSSR count). The van der Waals surface area contributed by atoms with E-state index in [1.54, 1.807) is 0 Å². The Bertz CT molecular complexity index is 247. The molecule has 0 aliphatic rings. The van der Waals surface area contributed by atoms with Crippen molar-refractivity contribution in [2.75, 3.05) is 6.61 Å². The summed E-state index contributed by atoms with van der Waals surface area (Å²) in [5.74, 6) is 0. The van der Waals surface area contributed by atoms with Crippen LogP contribution in [0.15, 0.2) is 24.3 Å². The molecule has 1 unspecified atom stereocenters. The van der Waals surface area contributed by atoms with E-state index in [0.29, 0.717) is 6.42 Å². The Kier molecular flexibility index (Phi) is 3.23. The van der Waals surface area contributed by atoms with E-state index in [2.05, 4.69) is 0 Å². The topological polar surface area (TPSA) is 20.2 Å². The number of halogens is 1. The van der Waals surface area contributed by atoms with Crippen molar-refractivity contribution in [3.63, 3.8) is 0 Å². The molecule has 0 amide bonds. The first-order chi connectivity index (χ1) is 5.74. The number of benzene rings is 1. The van der Waals surface area contributed by atoms with Crippen LogP contribution < -0.4 is 0 Å². The summed E-state index contributed by atoms with van der Waals surface area (Å²) < 4.78 is 12.7. The first-order valence-corrected chi connectivity index (χ1v) is 4.03. The lowest BCUT2D eigenvalue weighted by molar-refractivity contribution is 0.177. The van der Waals surface area contributed by atoms with Crippen LogP contribution in [0.5, 0.6) is 0 Å². The molecular formula is C10H13FO. The van der Waals surface area contributed by atoms with Gasteiger partial charge in [-0.3, -0.25) is 0 Å². The maximum atomic E-state index is 12.7. The number of rotatable bonds is 3. The molecule has 0 aliphatic carbocycles. The Morgan fingerprint density at radius 1 is 1.42 bits per heavy atom. The number of aryl methyl sites for hydroxylation is 1. The molecule has 0 spiro atoms. The van der Waals surface area contributed by atoms with Gasteiger partial charge < -0.3 is 5.11 Å². The maximum Gasteiger partial charge on any atom is 0.127 e. The van der Waals surface area contributed by atoms with Gasteiger partial charge in [0.2, 0.25) is 0 Å². The smallest absolute Gasteiger partial charge is 0.127 e. The van der Waals surface area contributed by atoms with Gasteiger partial charge in [-0.25, -0.2) is 4.39 Å². The molecule has 0 fully saturated rings. The molecule has 66 valence electrons. The van der Waals surface area contributed by atoms with Gasteiger partial charge in [0.15, 0.2) is 0 Å². The number of hydrogen-bond donors (Lipinski definition) is 1. The third-order valence-electron chi connectivity index (χ3n) is 1.90. The van der Waals surface area contributed by atoms with E-state index in [9.17, 15) is 4.39 Å². The van der Waals surface area contributed by atoms with Gasteiger partial charge >= 0.3 is 0 Å². The normalized spacial score (nSPS) is 12.9. The van der Waals surface area contributed by atoms with Crippen LogP contribution in [-0.2, 0) is 6.42 Å². The van der Waals surface area contributed by atoms with Crippen molar-refractivity contribution in [1.29, 1.82) is 0 Å². The minimum atomic E-state index is -1.13. The molecule has 1 aromatic carbocycles. The minimum Gasteiger partial charge on any atom is -0.393 e. The van der Waals surface area contributed by atoms with Crippen molar-refractivity contribution >= 4 is 0 Å². The van der Waals surface area contributed by atoms with Crippen molar-refractivity contribution < 1.29 is 9.50 Å². The first kappa shape index (κ1) is 9.20. The van der Waals surface area contributed by atoms with Crippen LogP contribution in [0.25, 0.3) is 0 Å². The Balaban J connectivity index is 2.69. The molecule has 0 aliphatic heterocycles. The molecule has 0 saturated carbocycles. The summed E-state index contributed by atoms with van der Waals surface area (Å²) in [4.78, 5) is 0. The second-order valence-electron chi connectivity index (χ2n) is 2.91. The number of aliphatic hydroxyl groups is 1. The Morgan fingerprint density at radius 2 is 2.08 bits per heavy atom. The zero-order valence-corrected chi connectivity index (χ0v) is 7.13. The Hall–Kier alpha value is -0.890. The molecule has 1 aromatic rings. The van der Waals surface area contributed by atoms with Crippen molar-refractivity contribution in [3.05, 3.63) is 35.4 Å². The van der Waals surface area contributed by atoms with Gasteiger partial charge in [0.05, 0.1) is 6.61 Å². The Labute approximate surface area is 71.9 Å². The van der Waals surface area contributed by atoms with Crippen LogP contribution >= 0.6 is 0 Å². The molecule has 1 atom stereocenters. The molecule has 0 aromatic heterocycles. The molecule has 0 saturated heterocycles. The van der Waals surface area contributed by atoms with Gasteiger partial charge in [-0.1, -0.05) is 24.3 Å². The standard InChI is InChI=1S/C10H13FO/c1-8-4-2-3-5-9(8)6-10(11)7-12/h2-5,10,12H,6-7H2,1H3. The molecule has 0 bridgehead atoms. The maximum absolute atomic E-state index is 12.7. The first-order valence-electron chi connectivity index (χ1n) is 4.03. The van der Waals surface area contributed by atoms with Gasteiger partial charge in [0, 0.05) is 6.42 Å². The minimum absolute atomic E-state index is 0.309. The highest BCUT2D eigenvalue weighted by molar-refractivity contribution is 5.26. The summed E-state index contributed by atoms with van der Waals surface area (Å²) >= 11 is 0. The lowest BCUT2D eigenvalue weighted by Gasteiger charge is -2.06. The average molecular weight is 168 g/mol. The van der Waals surface area contributed by atoms with Crippen molar-refractivity contribution in [2.45, 2.75) is 19.5 Å². The summed E-state index contributed by atoms with van der Waals surface area (Å²) in [6, 6.07) is 7.63. The van der Waals surface area contributed by atoms with Crippen LogP contribution in [-0.4, -0.2) is 17.9 Å². The summed E-state index contributed by atoms with van der Waals surface area (Å²) in [5.41, 5.74) is 2.05. The lowest BCUT2D eigenvalue weighted by Crippen LogP contribution is -2.10. The van der Waals surface area contributed by atoms with Crippen LogP contribution in [0.1, 0.15) is 11.1 Å². The zero-order chi connectivity index (χ0) is 8.97. The highest BCUT2D eigenvalue weighted by Gasteiger charge is 2.06. The van der Waals surface area contributed by atoms with Gasteiger partial charge in [0.1, 0.15) is 6.17 Å². The quantitative estimate of drug-likeness (QED) is 0.730. The van der Waals surface area contributed by atoms with Crippen LogP contribution in [0.3, 0.4) is 0 Å². The third kappa shape index (κ3) is 2.31. The van der Waals surface area contributed by atoms with Crippen LogP contribution in [0.4, 0.5) is 4.39 Å². The van der Waals surface area contributed by atoms with Gasteiger partial charge in [0.25, 0.3) is 0 Å². The summed E-state index contributed by atoms with van der Waals surface area (Å²) in [6.45, 7) is 1.55. The van der Waals surface area contributed by atoms with Crippen molar-refractivity contribution in [3.8, 4) is 0 Å². The van der Waals surface area contributed by atoms with Crippen molar-refractivity contribution in [2.24, 2.45) is 0 Å². The van der Waals surface area contributed by atoms with E-state index in [1.165, 1.54) is 0 Å². The lowest BCUT2D eigenvalue weighted by atomic mass is 10.0. The van der Waals surface area contributed by atoms with E-state index in [1.807, 2.05) is 31.2 Å². The third-order valence-corrected chi connectivity index (χ3v) is 1.90. The average Bonchev–Trinajstić information content (AvgIpc) is 2.09. The second kappa shape index (κ2) is 4.21. The highest BCUT2D eigenvalue weighted by atomic mass is 19.1. The predicted molar refractivity (Wildman–Crippen MR) is 46.9 cm³/mol.